The SMILES string of the molecule is O=C(NCC=Cc1ccc2c(c1)CCN2)OCc1ccccc1. The van der Waals surface area contributed by atoms with Gasteiger partial charge >= 0.3 is 6.09 Å². The number of benzene rings is 2. The first-order valence-electron chi connectivity index (χ1n) is 7.79. The fraction of sp³-hybridized carbons (Fsp3) is 0.211. The molecule has 0 atom stereocenters. The fourth-order valence-electron chi connectivity index (χ4n) is 2.54. The number of anilines is 1. The van der Waals surface area contributed by atoms with Crippen molar-refractivity contribution in [1.82, 2.24) is 5.32 Å². The van der Waals surface area contributed by atoms with Crippen LogP contribution in [0.15, 0.2) is 54.6 Å². The quantitative estimate of drug-likeness (QED) is 0.887. The molecule has 4 heteroatoms. The minimum atomic E-state index is -0.406. The van der Waals surface area contributed by atoms with Gasteiger partial charge in [-0.15, -0.1) is 0 Å². The molecule has 0 saturated carbocycles. The summed E-state index contributed by atoms with van der Waals surface area (Å²) in [6, 6.07) is 16.0. The summed E-state index contributed by atoms with van der Waals surface area (Å²) >= 11 is 0. The minimum Gasteiger partial charge on any atom is -0.445 e. The molecular weight excluding hydrogens is 288 g/mol. The van der Waals surface area contributed by atoms with Gasteiger partial charge in [-0.1, -0.05) is 48.6 Å². The highest BCUT2D eigenvalue weighted by atomic mass is 16.5. The van der Waals surface area contributed by atoms with Crippen molar-refractivity contribution in [3.8, 4) is 0 Å². The highest BCUT2D eigenvalue weighted by Crippen LogP contribution is 2.23. The van der Waals surface area contributed by atoms with E-state index in [4.69, 9.17) is 4.74 Å². The molecule has 0 unspecified atom stereocenters. The highest BCUT2D eigenvalue weighted by molar-refractivity contribution is 5.68. The van der Waals surface area contributed by atoms with E-state index in [1.54, 1.807) is 0 Å². The Bertz CT molecular complexity index is 696. The van der Waals surface area contributed by atoms with E-state index in [9.17, 15) is 4.79 Å². The summed E-state index contributed by atoms with van der Waals surface area (Å²) in [5, 5.41) is 6.05. The van der Waals surface area contributed by atoms with Crippen LogP contribution in [0.2, 0.25) is 0 Å². The maximum Gasteiger partial charge on any atom is 0.407 e. The van der Waals surface area contributed by atoms with Gasteiger partial charge in [-0.25, -0.2) is 4.79 Å². The second kappa shape index (κ2) is 7.49. The van der Waals surface area contributed by atoms with E-state index in [2.05, 4.69) is 28.8 Å². The van der Waals surface area contributed by atoms with E-state index in [1.807, 2.05) is 42.5 Å². The lowest BCUT2D eigenvalue weighted by Crippen LogP contribution is -2.24. The minimum absolute atomic E-state index is 0.286. The molecule has 2 N–H and O–H groups in total. The van der Waals surface area contributed by atoms with Gasteiger partial charge < -0.3 is 15.4 Å². The Labute approximate surface area is 136 Å². The van der Waals surface area contributed by atoms with E-state index in [-0.39, 0.29) is 6.61 Å². The second-order valence-electron chi connectivity index (χ2n) is 5.44. The third kappa shape index (κ3) is 4.36. The maximum atomic E-state index is 11.6. The molecule has 0 aliphatic carbocycles. The largest absolute Gasteiger partial charge is 0.445 e. The number of hydrogen-bond acceptors (Lipinski definition) is 3. The number of ether oxygens (including phenoxy) is 1. The molecule has 2 aromatic rings. The molecule has 1 aliphatic heterocycles. The highest BCUT2D eigenvalue weighted by Gasteiger charge is 2.08. The summed E-state index contributed by atoms with van der Waals surface area (Å²) in [4.78, 5) is 11.6. The van der Waals surface area contributed by atoms with Crippen LogP contribution in [-0.2, 0) is 17.8 Å². The van der Waals surface area contributed by atoms with Crippen LogP contribution in [0.1, 0.15) is 16.7 Å². The zero-order valence-electron chi connectivity index (χ0n) is 12.9. The van der Waals surface area contributed by atoms with Gasteiger partial charge in [0.15, 0.2) is 0 Å². The Hall–Kier alpha value is -2.75. The fourth-order valence-corrected chi connectivity index (χ4v) is 2.54. The second-order valence-corrected chi connectivity index (χ2v) is 5.44. The molecule has 3 rings (SSSR count). The van der Waals surface area contributed by atoms with Gasteiger partial charge in [0.1, 0.15) is 6.61 Å². The van der Waals surface area contributed by atoms with E-state index in [1.165, 1.54) is 11.3 Å². The topological polar surface area (TPSA) is 50.4 Å². The van der Waals surface area contributed by atoms with Crippen molar-refractivity contribution >= 4 is 17.9 Å². The third-order valence-corrected chi connectivity index (χ3v) is 3.73. The molecule has 1 amide bonds. The zero-order valence-corrected chi connectivity index (χ0v) is 12.9. The van der Waals surface area contributed by atoms with Crippen LogP contribution < -0.4 is 10.6 Å². The van der Waals surface area contributed by atoms with Crippen LogP contribution in [-0.4, -0.2) is 19.2 Å². The predicted octanol–water partition coefficient (Wildman–Crippen LogP) is 3.59. The molecular formula is C19H20N2O2. The van der Waals surface area contributed by atoms with Crippen LogP contribution in [0, 0.1) is 0 Å². The Balaban J connectivity index is 1.41. The first kappa shape index (κ1) is 15.2. The summed E-state index contributed by atoms with van der Waals surface area (Å²) in [6.07, 6.45) is 4.60. The summed E-state index contributed by atoms with van der Waals surface area (Å²) in [5.74, 6) is 0. The maximum absolute atomic E-state index is 11.6. The van der Waals surface area contributed by atoms with Gasteiger partial charge in [-0.05, 0) is 35.2 Å². The number of alkyl carbamates (subject to hydrolysis) is 1. The average molecular weight is 308 g/mol. The molecule has 0 aromatic heterocycles. The van der Waals surface area contributed by atoms with Crippen molar-refractivity contribution in [2.75, 3.05) is 18.4 Å². The molecule has 2 aromatic carbocycles. The lowest BCUT2D eigenvalue weighted by atomic mass is 10.1. The smallest absolute Gasteiger partial charge is 0.407 e. The molecule has 0 radical (unpaired) electrons. The van der Waals surface area contributed by atoms with E-state index < -0.39 is 6.09 Å². The number of carbonyl (C=O) groups is 1. The number of fused-ring (bicyclic) bond motifs is 1. The molecule has 1 aliphatic rings. The number of amides is 1. The molecule has 1 heterocycles. The summed E-state index contributed by atoms with van der Waals surface area (Å²) in [5.41, 5.74) is 4.70. The van der Waals surface area contributed by atoms with Crippen molar-refractivity contribution in [1.29, 1.82) is 0 Å². The van der Waals surface area contributed by atoms with Crippen molar-refractivity contribution in [3.05, 3.63) is 71.3 Å². The van der Waals surface area contributed by atoms with Crippen LogP contribution in [0.4, 0.5) is 10.5 Å². The lowest BCUT2D eigenvalue weighted by Gasteiger charge is -2.05. The van der Waals surface area contributed by atoms with Gasteiger partial charge in [0.05, 0.1) is 0 Å². The van der Waals surface area contributed by atoms with E-state index >= 15 is 0 Å². The normalized spacial score (nSPS) is 12.7. The molecule has 23 heavy (non-hydrogen) atoms. The summed E-state index contributed by atoms with van der Waals surface area (Å²) in [7, 11) is 0. The monoisotopic (exact) mass is 308 g/mol. The summed E-state index contributed by atoms with van der Waals surface area (Å²) < 4.78 is 5.15. The zero-order chi connectivity index (χ0) is 15.9. The van der Waals surface area contributed by atoms with Crippen molar-refractivity contribution in [2.24, 2.45) is 0 Å². The first-order valence-corrected chi connectivity index (χ1v) is 7.79. The molecule has 118 valence electrons. The Kier molecular flexibility index (Phi) is 4.94. The number of rotatable bonds is 5. The standard InChI is InChI=1S/C19H20N2O2/c22-19(23-14-16-5-2-1-3-6-16)21-11-4-7-15-8-9-18-17(13-15)10-12-20-18/h1-9,13,20H,10-12,14H2,(H,21,22). The predicted molar refractivity (Wildman–Crippen MR) is 92.3 cm³/mol. The van der Waals surface area contributed by atoms with Crippen LogP contribution in [0.3, 0.4) is 0 Å². The van der Waals surface area contributed by atoms with Crippen LogP contribution >= 0.6 is 0 Å². The lowest BCUT2D eigenvalue weighted by molar-refractivity contribution is 0.141. The van der Waals surface area contributed by atoms with Gasteiger partial charge in [0.25, 0.3) is 0 Å². The van der Waals surface area contributed by atoms with Gasteiger partial charge in [0.2, 0.25) is 0 Å². The molecule has 0 fully saturated rings. The molecule has 0 saturated heterocycles. The van der Waals surface area contributed by atoms with Gasteiger partial charge in [-0.3, -0.25) is 0 Å². The van der Waals surface area contributed by atoms with Crippen molar-refractivity contribution in [3.63, 3.8) is 0 Å². The van der Waals surface area contributed by atoms with Crippen molar-refractivity contribution < 1.29 is 9.53 Å². The number of nitrogens with one attached hydrogen (secondary N) is 2. The molecule has 0 spiro atoms. The third-order valence-electron chi connectivity index (χ3n) is 3.73. The Morgan fingerprint density at radius 1 is 1.22 bits per heavy atom. The number of carbonyl (C=O) groups excluding carboxylic acids is 1. The van der Waals surface area contributed by atoms with Crippen LogP contribution in [0.5, 0.6) is 0 Å². The molecule has 0 bridgehead atoms. The van der Waals surface area contributed by atoms with Crippen molar-refractivity contribution in [2.45, 2.75) is 13.0 Å². The molecule has 4 nitrogen and oxygen atoms in total. The van der Waals surface area contributed by atoms with E-state index in [0.29, 0.717) is 6.54 Å². The van der Waals surface area contributed by atoms with Gasteiger partial charge in [0, 0.05) is 18.8 Å². The average Bonchev–Trinajstić information content (AvgIpc) is 3.05. The van der Waals surface area contributed by atoms with Gasteiger partial charge in [-0.2, -0.15) is 0 Å². The Morgan fingerprint density at radius 3 is 2.96 bits per heavy atom. The number of hydrogen-bond donors (Lipinski definition) is 2. The Morgan fingerprint density at radius 2 is 2.09 bits per heavy atom. The first-order chi connectivity index (χ1) is 11.3. The van der Waals surface area contributed by atoms with E-state index in [0.717, 1.165) is 24.1 Å². The summed E-state index contributed by atoms with van der Waals surface area (Å²) in [6.45, 7) is 1.74. The van der Waals surface area contributed by atoms with Crippen LogP contribution in [0.25, 0.3) is 6.08 Å².